The molecule has 0 radical (unpaired) electrons. The minimum Gasteiger partial charge on any atom is -0.462 e. The fraction of sp³-hybridized carbons (Fsp3) is 0.605. The third-order valence-electron chi connectivity index (χ3n) is 12.6. The Morgan fingerprint density at radius 3 is 2.20 bits per heavy atom. The fourth-order valence-corrected chi connectivity index (χ4v) is 11.1. The number of hydrogen-bond donors (Lipinski definition) is 0. The lowest BCUT2D eigenvalue weighted by Crippen LogP contribution is -2.60. The Kier molecular flexibility index (Phi) is 7.94. The highest BCUT2D eigenvalue weighted by Gasteiger charge is 2.64. The molecule has 0 N–H and O–H groups in total. The zero-order valence-corrected chi connectivity index (χ0v) is 26.3. The molecule has 2 aromatic rings. The van der Waals surface area contributed by atoms with Gasteiger partial charge in [-0.15, -0.1) is 11.6 Å². The first-order valence-electron chi connectivity index (χ1n) is 16.3. The molecule has 0 saturated heterocycles. The van der Waals surface area contributed by atoms with Crippen LogP contribution in [0, 0.1) is 40.4 Å². The first kappa shape index (κ1) is 29.0. The van der Waals surface area contributed by atoms with E-state index in [1.807, 2.05) is 0 Å². The summed E-state index contributed by atoms with van der Waals surface area (Å²) in [5.74, 6) is 3.56. The lowest BCUT2D eigenvalue weighted by Gasteiger charge is -2.64. The first-order valence-corrected chi connectivity index (χ1v) is 16.7. The standard InChI is InChI=1S/C38H49ClO2/c1-26(15-16-31(28-11-7-5-8-12-28)29-13-9-6-10-14-29)33-17-18-34-32-20-24-38(39)25-30(41-27(2)40)19-23-37(38,4)35(32)21-22-36(33,34)3/h5-14,16,26,30,32-35H,15,17-25H2,1-4H3/t26-,30-,32-,33+,34-,35-,36-,37-,38-/m1/s1. The maximum atomic E-state index is 11.7. The van der Waals surface area contributed by atoms with E-state index >= 15 is 0 Å². The molecule has 4 aliphatic carbocycles. The van der Waals surface area contributed by atoms with E-state index in [-0.39, 0.29) is 22.4 Å². The molecule has 2 nitrogen and oxygen atoms in total. The minimum absolute atomic E-state index is 0.00934. The van der Waals surface area contributed by atoms with Gasteiger partial charge in [0.25, 0.3) is 0 Å². The number of esters is 1. The highest BCUT2D eigenvalue weighted by molar-refractivity contribution is 6.24. The highest BCUT2D eigenvalue weighted by atomic mass is 35.5. The molecule has 6 rings (SSSR count). The van der Waals surface area contributed by atoms with E-state index in [0.29, 0.717) is 17.3 Å². The van der Waals surface area contributed by atoms with Crippen molar-refractivity contribution in [3.8, 4) is 0 Å². The van der Waals surface area contributed by atoms with Gasteiger partial charge in [-0.25, -0.2) is 0 Å². The molecular formula is C38H49ClO2. The van der Waals surface area contributed by atoms with Crippen LogP contribution >= 0.6 is 11.6 Å². The van der Waals surface area contributed by atoms with E-state index in [1.165, 1.54) is 55.7 Å². The van der Waals surface area contributed by atoms with E-state index < -0.39 is 0 Å². The number of allylic oxidation sites excluding steroid dienone is 1. The quantitative estimate of drug-likeness (QED) is 0.254. The van der Waals surface area contributed by atoms with Gasteiger partial charge in [-0.3, -0.25) is 4.79 Å². The molecule has 2 aromatic carbocycles. The summed E-state index contributed by atoms with van der Waals surface area (Å²) in [5, 5.41) is 0. The van der Waals surface area contributed by atoms with Gasteiger partial charge in [0.05, 0.1) is 4.87 Å². The number of carbonyl (C=O) groups is 1. The molecule has 0 heterocycles. The van der Waals surface area contributed by atoms with Crippen LogP contribution in [0.5, 0.6) is 0 Å². The number of ether oxygens (including phenoxy) is 1. The van der Waals surface area contributed by atoms with Crippen LogP contribution in [-0.2, 0) is 9.53 Å². The van der Waals surface area contributed by atoms with Gasteiger partial charge in [0.1, 0.15) is 6.10 Å². The number of hydrogen-bond acceptors (Lipinski definition) is 2. The second kappa shape index (κ2) is 11.2. The van der Waals surface area contributed by atoms with Gasteiger partial charge >= 0.3 is 5.97 Å². The first-order chi connectivity index (χ1) is 19.6. The molecule has 3 heteroatoms. The van der Waals surface area contributed by atoms with Crippen LogP contribution in [0.4, 0.5) is 0 Å². The Balaban J connectivity index is 1.19. The van der Waals surface area contributed by atoms with Crippen molar-refractivity contribution in [2.45, 2.75) is 103 Å². The molecule has 9 atom stereocenters. The Hall–Kier alpha value is -2.06. The largest absolute Gasteiger partial charge is 0.462 e. The molecule has 4 saturated carbocycles. The summed E-state index contributed by atoms with van der Waals surface area (Å²) < 4.78 is 5.68. The van der Waals surface area contributed by atoms with E-state index in [1.54, 1.807) is 0 Å². The zero-order valence-electron chi connectivity index (χ0n) is 25.6. The smallest absolute Gasteiger partial charge is 0.302 e. The lowest BCUT2D eigenvalue weighted by atomic mass is 9.44. The summed E-state index contributed by atoms with van der Waals surface area (Å²) in [6, 6.07) is 21.8. The highest BCUT2D eigenvalue weighted by Crippen LogP contribution is 2.70. The molecule has 0 unspecified atom stereocenters. The molecule has 41 heavy (non-hydrogen) atoms. The van der Waals surface area contributed by atoms with Crippen molar-refractivity contribution >= 4 is 23.1 Å². The van der Waals surface area contributed by atoms with Gasteiger partial charge in [0, 0.05) is 13.3 Å². The molecule has 0 aliphatic heterocycles. The molecule has 0 aromatic heterocycles. The number of rotatable bonds is 6. The Morgan fingerprint density at radius 2 is 1.56 bits per heavy atom. The third-order valence-corrected chi connectivity index (χ3v) is 13.4. The topological polar surface area (TPSA) is 26.3 Å². The van der Waals surface area contributed by atoms with Crippen LogP contribution in [0.15, 0.2) is 66.7 Å². The molecule has 220 valence electrons. The van der Waals surface area contributed by atoms with Crippen LogP contribution in [0.2, 0.25) is 0 Å². The van der Waals surface area contributed by atoms with Crippen LogP contribution < -0.4 is 0 Å². The predicted molar refractivity (Wildman–Crippen MR) is 170 cm³/mol. The summed E-state index contributed by atoms with van der Waals surface area (Å²) in [5.41, 5.74) is 4.55. The van der Waals surface area contributed by atoms with Crippen molar-refractivity contribution in [2.24, 2.45) is 40.4 Å². The summed E-state index contributed by atoms with van der Waals surface area (Å²) in [6.07, 6.45) is 14.2. The normalized spacial score (nSPS) is 38.6. The summed E-state index contributed by atoms with van der Waals surface area (Å²) >= 11 is 7.55. The van der Waals surface area contributed by atoms with Crippen molar-refractivity contribution in [3.63, 3.8) is 0 Å². The average Bonchev–Trinajstić information content (AvgIpc) is 3.32. The van der Waals surface area contributed by atoms with Crippen molar-refractivity contribution in [1.82, 2.24) is 0 Å². The number of halogens is 1. The van der Waals surface area contributed by atoms with Crippen molar-refractivity contribution in [1.29, 1.82) is 0 Å². The van der Waals surface area contributed by atoms with Gasteiger partial charge in [0.2, 0.25) is 0 Å². The van der Waals surface area contributed by atoms with Crippen molar-refractivity contribution < 1.29 is 9.53 Å². The molecule has 0 spiro atoms. The van der Waals surface area contributed by atoms with Crippen molar-refractivity contribution in [3.05, 3.63) is 77.9 Å². The second-order valence-electron chi connectivity index (χ2n) is 14.6. The van der Waals surface area contributed by atoms with Crippen LogP contribution in [0.1, 0.15) is 103 Å². The van der Waals surface area contributed by atoms with E-state index in [9.17, 15) is 4.79 Å². The maximum absolute atomic E-state index is 11.7. The van der Waals surface area contributed by atoms with E-state index in [2.05, 4.69) is 87.5 Å². The molecule has 4 aliphatic rings. The molecule has 4 fully saturated rings. The number of benzene rings is 2. The maximum Gasteiger partial charge on any atom is 0.302 e. The second-order valence-corrected chi connectivity index (χ2v) is 15.3. The van der Waals surface area contributed by atoms with Crippen LogP contribution in [0.25, 0.3) is 5.57 Å². The summed E-state index contributed by atoms with van der Waals surface area (Å²) in [4.78, 5) is 11.5. The van der Waals surface area contributed by atoms with Crippen LogP contribution in [0.3, 0.4) is 0 Å². The Bertz CT molecular complexity index is 1210. The van der Waals surface area contributed by atoms with E-state index in [4.69, 9.17) is 16.3 Å². The van der Waals surface area contributed by atoms with Gasteiger partial charge in [-0.2, -0.15) is 0 Å². The Labute approximate surface area is 253 Å². The predicted octanol–water partition coefficient (Wildman–Crippen LogP) is 10.1. The summed E-state index contributed by atoms with van der Waals surface area (Å²) in [6.45, 7) is 9.21. The lowest BCUT2D eigenvalue weighted by molar-refractivity contribution is -0.157. The van der Waals surface area contributed by atoms with Gasteiger partial charge in [-0.1, -0.05) is 87.5 Å². The number of alkyl halides is 1. The van der Waals surface area contributed by atoms with Gasteiger partial charge < -0.3 is 4.74 Å². The van der Waals surface area contributed by atoms with Crippen molar-refractivity contribution in [2.75, 3.05) is 0 Å². The number of carbonyl (C=O) groups excluding carboxylic acids is 1. The van der Waals surface area contributed by atoms with Crippen LogP contribution in [-0.4, -0.2) is 16.9 Å². The number of fused-ring (bicyclic) bond motifs is 5. The fourth-order valence-electron chi connectivity index (χ4n) is 10.6. The van der Waals surface area contributed by atoms with Gasteiger partial charge in [-0.05, 0) is 115 Å². The molecule has 0 amide bonds. The molecular weight excluding hydrogens is 524 g/mol. The average molecular weight is 573 g/mol. The molecule has 0 bridgehead atoms. The third kappa shape index (κ3) is 5.11. The van der Waals surface area contributed by atoms with Gasteiger partial charge in [0.15, 0.2) is 0 Å². The minimum atomic E-state index is -0.234. The zero-order chi connectivity index (χ0) is 28.8. The van der Waals surface area contributed by atoms with E-state index in [0.717, 1.165) is 49.9 Å². The SMILES string of the molecule is CC(=O)O[C@@H]1CC[C@]2(C)[C@@H]3CC[C@@]4(C)[C@H](CC[C@H]4[C@H](C)CC=C(c4ccccc4)c4ccccc4)[C@H]3CC[C@@]2(Cl)C1. The monoisotopic (exact) mass is 572 g/mol. The summed E-state index contributed by atoms with van der Waals surface area (Å²) in [7, 11) is 0. The Morgan fingerprint density at radius 1 is 0.902 bits per heavy atom.